The van der Waals surface area contributed by atoms with Crippen LogP contribution in [0.4, 0.5) is 5.69 Å². The van der Waals surface area contributed by atoms with E-state index in [1.807, 2.05) is 35.1 Å². The lowest BCUT2D eigenvalue weighted by atomic mass is 10.2. The Morgan fingerprint density at radius 1 is 1.19 bits per heavy atom. The Morgan fingerprint density at radius 2 is 1.95 bits per heavy atom. The molecule has 0 unspecified atom stereocenters. The highest BCUT2D eigenvalue weighted by atomic mass is 35.5. The number of hydrogen-bond donors (Lipinski definition) is 1. The number of thiophene rings is 1. The standard InChI is InChI=1S/C16H16ClN3S/c1-2-13-7-8-15(21-13)16-14(18)10-20(19-16)9-11-3-5-12(17)6-4-11/h3-8,10H,2,9,18H2,1H3. The quantitative estimate of drug-likeness (QED) is 0.772. The molecule has 2 heterocycles. The summed E-state index contributed by atoms with van der Waals surface area (Å²) in [6, 6.07) is 12.0. The lowest BCUT2D eigenvalue weighted by molar-refractivity contribution is 0.690. The molecule has 0 spiro atoms. The molecule has 3 nitrogen and oxygen atoms in total. The molecule has 0 fully saturated rings. The zero-order chi connectivity index (χ0) is 14.8. The highest BCUT2D eigenvalue weighted by Crippen LogP contribution is 2.31. The van der Waals surface area contributed by atoms with Crippen LogP contribution in [0.5, 0.6) is 0 Å². The zero-order valence-corrected chi connectivity index (χ0v) is 13.3. The van der Waals surface area contributed by atoms with Gasteiger partial charge in [-0.15, -0.1) is 11.3 Å². The van der Waals surface area contributed by atoms with Gasteiger partial charge in [-0.2, -0.15) is 5.10 Å². The number of nitrogens with zero attached hydrogens (tertiary/aromatic N) is 2. The maximum atomic E-state index is 6.10. The van der Waals surface area contributed by atoms with Crippen LogP contribution in [-0.2, 0) is 13.0 Å². The van der Waals surface area contributed by atoms with E-state index in [2.05, 4.69) is 24.2 Å². The first-order valence-corrected chi connectivity index (χ1v) is 8.01. The molecule has 2 N–H and O–H groups in total. The first kappa shape index (κ1) is 14.2. The van der Waals surface area contributed by atoms with Crippen LogP contribution < -0.4 is 5.73 Å². The lowest BCUT2D eigenvalue weighted by Gasteiger charge is -2.01. The third-order valence-electron chi connectivity index (χ3n) is 3.29. The van der Waals surface area contributed by atoms with Crippen molar-refractivity contribution < 1.29 is 0 Å². The predicted octanol–water partition coefficient (Wildman–Crippen LogP) is 4.46. The van der Waals surface area contributed by atoms with Crippen molar-refractivity contribution in [2.24, 2.45) is 0 Å². The molecule has 0 saturated carbocycles. The summed E-state index contributed by atoms with van der Waals surface area (Å²) in [6.07, 6.45) is 2.92. The minimum absolute atomic E-state index is 0.688. The van der Waals surface area contributed by atoms with Crippen molar-refractivity contribution in [2.75, 3.05) is 5.73 Å². The van der Waals surface area contributed by atoms with Gasteiger partial charge in [0.2, 0.25) is 0 Å². The van der Waals surface area contributed by atoms with Crippen molar-refractivity contribution >= 4 is 28.6 Å². The Morgan fingerprint density at radius 3 is 2.62 bits per heavy atom. The topological polar surface area (TPSA) is 43.8 Å². The minimum Gasteiger partial charge on any atom is -0.396 e. The van der Waals surface area contributed by atoms with Gasteiger partial charge in [-0.25, -0.2) is 0 Å². The molecule has 0 aliphatic rings. The van der Waals surface area contributed by atoms with Crippen LogP contribution in [0.1, 0.15) is 17.4 Å². The molecule has 5 heteroatoms. The van der Waals surface area contributed by atoms with Crippen LogP contribution in [0.2, 0.25) is 5.02 Å². The number of halogens is 1. The van der Waals surface area contributed by atoms with Gasteiger partial charge in [0.1, 0.15) is 5.69 Å². The number of benzene rings is 1. The lowest BCUT2D eigenvalue weighted by Crippen LogP contribution is -1.99. The van der Waals surface area contributed by atoms with Crippen molar-refractivity contribution in [3.8, 4) is 10.6 Å². The second-order valence-electron chi connectivity index (χ2n) is 4.88. The fourth-order valence-corrected chi connectivity index (χ4v) is 3.26. The molecule has 3 rings (SSSR count). The average Bonchev–Trinajstić information content (AvgIpc) is 3.08. The molecule has 108 valence electrons. The molecule has 0 saturated heterocycles. The van der Waals surface area contributed by atoms with Crippen molar-refractivity contribution in [1.82, 2.24) is 9.78 Å². The van der Waals surface area contributed by atoms with Crippen LogP contribution in [-0.4, -0.2) is 9.78 Å². The van der Waals surface area contributed by atoms with Crippen LogP contribution >= 0.6 is 22.9 Å². The average molecular weight is 318 g/mol. The molecule has 0 aliphatic carbocycles. The third kappa shape index (κ3) is 3.12. The molecule has 1 aromatic carbocycles. The van der Waals surface area contributed by atoms with E-state index in [4.69, 9.17) is 17.3 Å². The van der Waals surface area contributed by atoms with E-state index in [1.54, 1.807) is 11.3 Å². The van der Waals surface area contributed by atoms with Gasteiger partial charge in [0.05, 0.1) is 17.1 Å². The number of nitrogen functional groups attached to an aromatic ring is 1. The van der Waals surface area contributed by atoms with Crippen LogP contribution in [0.3, 0.4) is 0 Å². The van der Waals surface area contributed by atoms with E-state index in [1.165, 1.54) is 4.88 Å². The molecule has 21 heavy (non-hydrogen) atoms. The smallest absolute Gasteiger partial charge is 0.125 e. The summed E-state index contributed by atoms with van der Waals surface area (Å²) < 4.78 is 1.87. The highest BCUT2D eigenvalue weighted by molar-refractivity contribution is 7.15. The van der Waals surface area contributed by atoms with Gasteiger partial charge < -0.3 is 5.73 Å². The SMILES string of the molecule is CCc1ccc(-c2nn(Cc3ccc(Cl)cc3)cc2N)s1. The summed E-state index contributed by atoms with van der Waals surface area (Å²) in [5.41, 5.74) is 8.84. The van der Waals surface area contributed by atoms with Gasteiger partial charge in [0.25, 0.3) is 0 Å². The normalized spacial score (nSPS) is 11.0. The second-order valence-corrected chi connectivity index (χ2v) is 6.48. The number of anilines is 1. The van der Waals surface area contributed by atoms with Crippen LogP contribution in [0.15, 0.2) is 42.6 Å². The summed E-state index contributed by atoms with van der Waals surface area (Å²) in [5.74, 6) is 0. The van der Waals surface area contributed by atoms with Crippen molar-refractivity contribution in [3.63, 3.8) is 0 Å². The molecule has 3 aromatic rings. The Bertz CT molecular complexity index is 743. The molecule has 0 radical (unpaired) electrons. The molecule has 0 aliphatic heterocycles. The second kappa shape index (κ2) is 5.92. The summed E-state index contributed by atoms with van der Waals surface area (Å²) in [5, 5.41) is 5.36. The number of nitrogens with two attached hydrogens (primary N) is 1. The van der Waals surface area contributed by atoms with E-state index in [0.29, 0.717) is 12.2 Å². The Hall–Kier alpha value is -1.78. The largest absolute Gasteiger partial charge is 0.396 e. The predicted molar refractivity (Wildman–Crippen MR) is 89.9 cm³/mol. The van der Waals surface area contributed by atoms with Crippen molar-refractivity contribution in [2.45, 2.75) is 19.9 Å². The fraction of sp³-hybridized carbons (Fsp3) is 0.188. The first-order chi connectivity index (χ1) is 10.2. The van der Waals surface area contributed by atoms with E-state index in [0.717, 1.165) is 27.6 Å². The number of aromatic nitrogens is 2. The number of aryl methyl sites for hydroxylation is 1. The van der Waals surface area contributed by atoms with Crippen LogP contribution in [0, 0.1) is 0 Å². The minimum atomic E-state index is 0.688. The van der Waals surface area contributed by atoms with Crippen molar-refractivity contribution in [1.29, 1.82) is 0 Å². The van der Waals surface area contributed by atoms with E-state index >= 15 is 0 Å². The van der Waals surface area contributed by atoms with Gasteiger partial charge in [-0.3, -0.25) is 4.68 Å². The Balaban J connectivity index is 1.85. The van der Waals surface area contributed by atoms with Gasteiger partial charge in [0.15, 0.2) is 0 Å². The fourth-order valence-electron chi connectivity index (χ4n) is 2.18. The molecule has 0 amide bonds. The molecule has 0 bridgehead atoms. The van der Waals surface area contributed by atoms with E-state index in [-0.39, 0.29) is 0 Å². The summed E-state index contributed by atoms with van der Waals surface area (Å²) >= 11 is 7.65. The molecule has 0 atom stereocenters. The summed E-state index contributed by atoms with van der Waals surface area (Å²) in [6.45, 7) is 2.84. The summed E-state index contributed by atoms with van der Waals surface area (Å²) in [7, 11) is 0. The molecule has 2 aromatic heterocycles. The zero-order valence-electron chi connectivity index (χ0n) is 11.7. The highest BCUT2D eigenvalue weighted by Gasteiger charge is 2.11. The molecular weight excluding hydrogens is 302 g/mol. The van der Waals surface area contributed by atoms with E-state index in [9.17, 15) is 0 Å². The first-order valence-electron chi connectivity index (χ1n) is 6.82. The number of hydrogen-bond acceptors (Lipinski definition) is 3. The number of rotatable bonds is 4. The monoisotopic (exact) mass is 317 g/mol. The van der Waals surface area contributed by atoms with Crippen LogP contribution in [0.25, 0.3) is 10.6 Å². The third-order valence-corrected chi connectivity index (χ3v) is 4.78. The Labute approximate surface area is 133 Å². The van der Waals surface area contributed by atoms with Crippen molar-refractivity contribution in [3.05, 3.63) is 58.1 Å². The van der Waals surface area contributed by atoms with E-state index < -0.39 is 0 Å². The van der Waals surface area contributed by atoms with Gasteiger partial charge in [0, 0.05) is 16.1 Å². The summed E-state index contributed by atoms with van der Waals surface area (Å²) in [4.78, 5) is 2.47. The molecular formula is C16H16ClN3S. The maximum Gasteiger partial charge on any atom is 0.125 e. The van der Waals surface area contributed by atoms with Gasteiger partial charge in [-0.05, 0) is 36.2 Å². The maximum absolute atomic E-state index is 6.10. The van der Waals surface area contributed by atoms with Gasteiger partial charge in [-0.1, -0.05) is 30.7 Å². The Kier molecular flexibility index (Phi) is 3.99. The van der Waals surface area contributed by atoms with Gasteiger partial charge >= 0.3 is 0 Å².